The summed E-state index contributed by atoms with van der Waals surface area (Å²) >= 11 is 0. The molecule has 0 saturated heterocycles. The number of hydrogen-bond acceptors (Lipinski definition) is 2. The summed E-state index contributed by atoms with van der Waals surface area (Å²) in [5.41, 5.74) is 6.43. The van der Waals surface area contributed by atoms with Crippen LogP contribution in [0.25, 0.3) is 0 Å². The van der Waals surface area contributed by atoms with Crippen molar-refractivity contribution in [3.05, 3.63) is 59.9 Å². The second kappa shape index (κ2) is 6.38. The van der Waals surface area contributed by atoms with Crippen molar-refractivity contribution in [1.82, 2.24) is 0 Å². The van der Waals surface area contributed by atoms with Gasteiger partial charge in [-0.1, -0.05) is 24.3 Å². The molecule has 0 amide bonds. The van der Waals surface area contributed by atoms with Crippen LogP contribution in [0.3, 0.4) is 0 Å². The van der Waals surface area contributed by atoms with Crippen molar-refractivity contribution < 1.29 is 9.13 Å². The molecule has 18 heavy (non-hydrogen) atoms. The highest BCUT2D eigenvalue weighted by molar-refractivity contribution is 5.85. The maximum Gasteiger partial charge on any atom is 0.166 e. The first-order chi connectivity index (χ1) is 8.16. The first-order valence-electron chi connectivity index (χ1n) is 5.45. The molecule has 96 valence electrons. The fourth-order valence-electron chi connectivity index (χ4n) is 1.50. The molecule has 2 aromatic carbocycles. The van der Waals surface area contributed by atoms with Crippen molar-refractivity contribution in [2.75, 3.05) is 0 Å². The van der Waals surface area contributed by atoms with Crippen molar-refractivity contribution in [1.29, 1.82) is 0 Å². The SMILES string of the molecule is CC(N)c1ccc(Oc2ccccc2)c(F)c1.Cl. The Labute approximate surface area is 112 Å². The van der Waals surface area contributed by atoms with Gasteiger partial charge in [-0.3, -0.25) is 0 Å². The quantitative estimate of drug-likeness (QED) is 0.910. The van der Waals surface area contributed by atoms with E-state index in [0.717, 1.165) is 5.56 Å². The molecule has 1 atom stereocenters. The van der Waals surface area contributed by atoms with Crippen LogP contribution in [0.15, 0.2) is 48.5 Å². The van der Waals surface area contributed by atoms with Crippen LogP contribution >= 0.6 is 12.4 Å². The summed E-state index contributed by atoms with van der Waals surface area (Å²) in [4.78, 5) is 0. The van der Waals surface area contributed by atoms with Gasteiger partial charge in [-0.25, -0.2) is 4.39 Å². The van der Waals surface area contributed by atoms with E-state index in [1.54, 1.807) is 24.3 Å². The molecule has 0 fully saturated rings. The van der Waals surface area contributed by atoms with Crippen LogP contribution in [0.5, 0.6) is 11.5 Å². The molecule has 1 unspecified atom stereocenters. The molecule has 4 heteroatoms. The lowest BCUT2D eigenvalue weighted by Crippen LogP contribution is -2.05. The molecule has 0 aliphatic carbocycles. The zero-order chi connectivity index (χ0) is 12.3. The number of nitrogens with two attached hydrogens (primary N) is 1. The standard InChI is InChI=1S/C14H14FNO.ClH/c1-10(16)11-7-8-14(13(15)9-11)17-12-5-3-2-4-6-12;/h2-10H,16H2,1H3;1H. The number of rotatable bonds is 3. The van der Waals surface area contributed by atoms with Crippen LogP contribution in [-0.4, -0.2) is 0 Å². The summed E-state index contributed by atoms with van der Waals surface area (Å²) in [7, 11) is 0. The Morgan fingerprint density at radius 2 is 1.78 bits per heavy atom. The van der Waals surface area contributed by atoms with Crippen LogP contribution in [0, 0.1) is 5.82 Å². The fourth-order valence-corrected chi connectivity index (χ4v) is 1.50. The summed E-state index contributed by atoms with van der Waals surface area (Å²) in [6.07, 6.45) is 0. The topological polar surface area (TPSA) is 35.2 Å². The minimum atomic E-state index is -0.399. The summed E-state index contributed by atoms with van der Waals surface area (Å²) < 4.78 is 19.1. The predicted molar refractivity (Wildman–Crippen MR) is 72.8 cm³/mol. The van der Waals surface area contributed by atoms with Gasteiger partial charge in [-0.2, -0.15) is 0 Å². The molecule has 2 rings (SSSR count). The van der Waals surface area contributed by atoms with E-state index < -0.39 is 5.82 Å². The summed E-state index contributed by atoms with van der Waals surface area (Å²) in [6.45, 7) is 1.81. The molecular weight excluding hydrogens is 253 g/mol. The van der Waals surface area contributed by atoms with Gasteiger partial charge in [-0.05, 0) is 36.8 Å². The Morgan fingerprint density at radius 1 is 1.11 bits per heavy atom. The van der Waals surface area contributed by atoms with Gasteiger partial charge < -0.3 is 10.5 Å². The lowest BCUT2D eigenvalue weighted by molar-refractivity contribution is 0.441. The smallest absolute Gasteiger partial charge is 0.166 e. The first kappa shape index (κ1) is 14.5. The molecule has 0 heterocycles. The molecule has 0 aliphatic rings. The maximum absolute atomic E-state index is 13.7. The van der Waals surface area contributed by atoms with E-state index in [9.17, 15) is 4.39 Å². The number of halogens is 2. The molecule has 0 radical (unpaired) electrons. The maximum atomic E-state index is 13.7. The van der Waals surface area contributed by atoms with Gasteiger partial charge in [0.25, 0.3) is 0 Å². The van der Waals surface area contributed by atoms with E-state index in [0.29, 0.717) is 5.75 Å². The Balaban J connectivity index is 0.00000162. The van der Waals surface area contributed by atoms with Crippen LogP contribution in [0.4, 0.5) is 4.39 Å². The van der Waals surface area contributed by atoms with Crippen molar-refractivity contribution in [3.63, 3.8) is 0 Å². The average molecular weight is 268 g/mol. The van der Waals surface area contributed by atoms with Crippen LogP contribution < -0.4 is 10.5 Å². The van der Waals surface area contributed by atoms with Gasteiger partial charge in [0.15, 0.2) is 11.6 Å². The van der Waals surface area contributed by atoms with Gasteiger partial charge in [-0.15, -0.1) is 12.4 Å². The average Bonchev–Trinajstić information content (AvgIpc) is 2.33. The van der Waals surface area contributed by atoms with Crippen molar-refractivity contribution >= 4 is 12.4 Å². The van der Waals surface area contributed by atoms with Crippen LogP contribution in [0.1, 0.15) is 18.5 Å². The molecule has 0 spiro atoms. The minimum Gasteiger partial charge on any atom is -0.454 e. The van der Waals surface area contributed by atoms with E-state index in [-0.39, 0.29) is 24.2 Å². The second-order valence-electron chi connectivity index (χ2n) is 3.89. The Bertz CT molecular complexity index is 502. The second-order valence-corrected chi connectivity index (χ2v) is 3.89. The highest BCUT2D eigenvalue weighted by Gasteiger charge is 2.07. The molecule has 2 aromatic rings. The third-order valence-corrected chi connectivity index (χ3v) is 2.45. The highest BCUT2D eigenvalue weighted by Crippen LogP contribution is 2.26. The van der Waals surface area contributed by atoms with Crippen molar-refractivity contribution in [2.24, 2.45) is 5.73 Å². The van der Waals surface area contributed by atoms with Crippen molar-refractivity contribution in [3.8, 4) is 11.5 Å². The largest absolute Gasteiger partial charge is 0.454 e. The minimum absolute atomic E-state index is 0. The number of benzene rings is 2. The van der Waals surface area contributed by atoms with Gasteiger partial charge in [0, 0.05) is 6.04 Å². The lowest BCUT2D eigenvalue weighted by atomic mass is 10.1. The van der Waals surface area contributed by atoms with Gasteiger partial charge in [0.2, 0.25) is 0 Å². The number of hydrogen-bond donors (Lipinski definition) is 1. The van der Waals surface area contributed by atoms with E-state index in [1.807, 2.05) is 25.1 Å². The van der Waals surface area contributed by atoms with E-state index in [2.05, 4.69) is 0 Å². The zero-order valence-electron chi connectivity index (χ0n) is 9.97. The van der Waals surface area contributed by atoms with Crippen LogP contribution in [0.2, 0.25) is 0 Å². The summed E-state index contributed by atoms with van der Waals surface area (Å²) in [6, 6.07) is 13.7. The van der Waals surface area contributed by atoms with E-state index in [4.69, 9.17) is 10.5 Å². The van der Waals surface area contributed by atoms with Crippen molar-refractivity contribution in [2.45, 2.75) is 13.0 Å². The number of ether oxygens (including phenoxy) is 1. The van der Waals surface area contributed by atoms with E-state index in [1.165, 1.54) is 6.07 Å². The zero-order valence-corrected chi connectivity index (χ0v) is 10.8. The molecule has 0 bridgehead atoms. The van der Waals surface area contributed by atoms with E-state index >= 15 is 0 Å². The fraction of sp³-hybridized carbons (Fsp3) is 0.143. The Kier molecular flexibility index (Phi) is 5.13. The third kappa shape index (κ3) is 3.45. The molecule has 0 saturated carbocycles. The summed E-state index contributed by atoms with van der Waals surface area (Å²) in [5.74, 6) is 0.421. The molecule has 2 N–H and O–H groups in total. The van der Waals surface area contributed by atoms with Gasteiger partial charge >= 0.3 is 0 Å². The highest BCUT2D eigenvalue weighted by atomic mass is 35.5. The molecule has 2 nitrogen and oxygen atoms in total. The first-order valence-corrected chi connectivity index (χ1v) is 5.45. The summed E-state index contributed by atoms with van der Waals surface area (Å²) in [5, 5.41) is 0. The van der Waals surface area contributed by atoms with Crippen LogP contribution in [-0.2, 0) is 0 Å². The molecule has 0 aliphatic heterocycles. The number of para-hydroxylation sites is 1. The molecular formula is C14H15ClFNO. The predicted octanol–water partition coefficient (Wildman–Crippen LogP) is 4.06. The normalized spacial score (nSPS) is 11.5. The Hall–Kier alpha value is -1.58. The molecule has 0 aromatic heterocycles. The van der Waals surface area contributed by atoms with Gasteiger partial charge in [0.1, 0.15) is 5.75 Å². The lowest BCUT2D eigenvalue weighted by Gasteiger charge is -2.10. The third-order valence-electron chi connectivity index (χ3n) is 2.45. The monoisotopic (exact) mass is 267 g/mol. The van der Waals surface area contributed by atoms with Gasteiger partial charge in [0.05, 0.1) is 0 Å². The Morgan fingerprint density at radius 3 is 2.33 bits per heavy atom.